The van der Waals surface area contributed by atoms with Gasteiger partial charge in [-0.2, -0.15) is 0 Å². The summed E-state index contributed by atoms with van der Waals surface area (Å²) in [7, 11) is -3.89. The predicted molar refractivity (Wildman–Crippen MR) is 99.7 cm³/mol. The molecule has 0 spiro atoms. The molecule has 26 heavy (non-hydrogen) atoms. The van der Waals surface area contributed by atoms with Gasteiger partial charge >= 0.3 is 0 Å². The van der Waals surface area contributed by atoms with Crippen molar-refractivity contribution >= 4 is 28.1 Å². The predicted octanol–water partition coefficient (Wildman–Crippen LogP) is 1.23. The number of halogens is 1. The number of aliphatic hydroxyl groups excluding tert-OH is 1. The highest BCUT2D eigenvalue weighted by Crippen LogP contribution is 2.15. The fourth-order valence-corrected chi connectivity index (χ4v) is 3.25. The molecular weight excluding hydrogens is 382 g/mol. The van der Waals surface area contributed by atoms with E-state index >= 15 is 0 Å². The van der Waals surface area contributed by atoms with Gasteiger partial charge in [0, 0.05) is 24.7 Å². The van der Waals surface area contributed by atoms with Gasteiger partial charge in [-0.15, -0.1) is 12.4 Å². The maximum atomic E-state index is 12.2. The Morgan fingerprint density at radius 3 is 2.23 bits per heavy atom. The molecule has 0 aromatic heterocycles. The summed E-state index contributed by atoms with van der Waals surface area (Å²) in [5.41, 5.74) is 6.64. The lowest BCUT2D eigenvalue weighted by Crippen LogP contribution is -2.44. The van der Waals surface area contributed by atoms with Crippen molar-refractivity contribution in [2.75, 3.05) is 6.54 Å². The number of nitrogens with zero attached hydrogens (tertiary/aromatic N) is 1. The minimum atomic E-state index is -3.89. The van der Waals surface area contributed by atoms with Crippen LogP contribution in [0.3, 0.4) is 0 Å². The molecule has 2 aromatic carbocycles. The Balaban J connectivity index is 0.00000338. The number of non-ortho nitro benzene ring substituents is 1. The highest BCUT2D eigenvalue weighted by molar-refractivity contribution is 7.89. The Labute approximate surface area is 157 Å². The first-order valence-corrected chi connectivity index (χ1v) is 8.99. The molecule has 0 saturated carbocycles. The fourth-order valence-electron chi connectivity index (χ4n) is 2.20. The first-order chi connectivity index (χ1) is 11.8. The Hall–Kier alpha value is -2.04. The van der Waals surface area contributed by atoms with Gasteiger partial charge in [0.05, 0.1) is 15.9 Å². The van der Waals surface area contributed by atoms with Crippen molar-refractivity contribution in [1.82, 2.24) is 4.72 Å². The molecule has 8 nitrogen and oxygen atoms in total. The van der Waals surface area contributed by atoms with E-state index < -0.39 is 27.1 Å². The Morgan fingerprint density at radius 1 is 1.12 bits per heavy atom. The quantitative estimate of drug-likeness (QED) is 0.449. The number of rotatable bonds is 8. The minimum absolute atomic E-state index is 0. The number of nitrogens with one attached hydrogen (secondary N) is 1. The second-order valence-electron chi connectivity index (χ2n) is 5.52. The monoisotopic (exact) mass is 401 g/mol. The van der Waals surface area contributed by atoms with E-state index in [1.165, 1.54) is 0 Å². The molecule has 0 aliphatic rings. The van der Waals surface area contributed by atoms with Crippen LogP contribution in [0, 0.1) is 10.1 Å². The molecule has 10 heteroatoms. The molecule has 2 rings (SSSR count). The van der Waals surface area contributed by atoms with E-state index in [1.807, 2.05) is 30.3 Å². The standard InChI is InChI=1S/C16H19N3O5S.ClH/c17-15(10-12-4-2-1-3-5-12)16(20)11-18-25(23,24)14-8-6-13(7-9-14)19(21)22;/h1-9,15-16,18,20H,10-11,17H2;1H. The first kappa shape index (κ1) is 22.0. The number of hydrogen-bond acceptors (Lipinski definition) is 6. The number of nitro groups is 1. The number of sulfonamides is 1. The lowest BCUT2D eigenvalue weighted by Gasteiger charge is -2.19. The Kier molecular flexibility index (Phi) is 8.12. The van der Waals surface area contributed by atoms with E-state index in [1.54, 1.807) is 0 Å². The van der Waals surface area contributed by atoms with Gasteiger partial charge in [0.15, 0.2) is 0 Å². The van der Waals surface area contributed by atoms with E-state index in [-0.39, 0.29) is 29.5 Å². The Bertz CT molecular complexity index is 816. The van der Waals surface area contributed by atoms with Crippen molar-refractivity contribution in [3.63, 3.8) is 0 Å². The lowest BCUT2D eigenvalue weighted by molar-refractivity contribution is -0.384. The third-order valence-corrected chi connectivity index (χ3v) is 5.09. The lowest BCUT2D eigenvalue weighted by atomic mass is 10.0. The van der Waals surface area contributed by atoms with E-state index in [2.05, 4.69) is 4.72 Å². The molecule has 0 aliphatic heterocycles. The molecule has 2 aromatic rings. The van der Waals surface area contributed by atoms with Gasteiger partial charge in [-0.3, -0.25) is 10.1 Å². The van der Waals surface area contributed by atoms with Crippen molar-refractivity contribution in [2.24, 2.45) is 5.73 Å². The summed E-state index contributed by atoms with van der Waals surface area (Å²) in [6, 6.07) is 13.1. The van der Waals surface area contributed by atoms with Crippen molar-refractivity contribution in [3.8, 4) is 0 Å². The van der Waals surface area contributed by atoms with Crippen molar-refractivity contribution in [1.29, 1.82) is 0 Å². The molecule has 0 amide bonds. The van der Waals surface area contributed by atoms with Gasteiger partial charge in [0.2, 0.25) is 10.0 Å². The van der Waals surface area contributed by atoms with Crippen LogP contribution in [-0.2, 0) is 16.4 Å². The summed E-state index contributed by atoms with van der Waals surface area (Å²) >= 11 is 0. The van der Waals surface area contributed by atoms with Crippen LogP contribution in [-0.4, -0.2) is 37.1 Å². The summed E-state index contributed by atoms with van der Waals surface area (Å²) in [5, 5.41) is 20.7. The van der Waals surface area contributed by atoms with Crippen LogP contribution in [0.25, 0.3) is 0 Å². The van der Waals surface area contributed by atoms with Gasteiger partial charge in [-0.05, 0) is 24.1 Å². The van der Waals surface area contributed by atoms with E-state index in [0.717, 1.165) is 29.8 Å². The zero-order valence-corrected chi connectivity index (χ0v) is 15.3. The highest BCUT2D eigenvalue weighted by atomic mass is 35.5. The summed E-state index contributed by atoms with van der Waals surface area (Å²) in [5.74, 6) is 0. The summed E-state index contributed by atoms with van der Waals surface area (Å²) in [6.45, 7) is -0.257. The van der Waals surface area contributed by atoms with Crippen molar-refractivity contribution < 1.29 is 18.4 Å². The molecule has 0 bridgehead atoms. The van der Waals surface area contributed by atoms with E-state index in [4.69, 9.17) is 5.73 Å². The second kappa shape index (κ2) is 9.60. The van der Waals surface area contributed by atoms with Gasteiger partial charge in [-0.1, -0.05) is 30.3 Å². The highest BCUT2D eigenvalue weighted by Gasteiger charge is 2.20. The summed E-state index contributed by atoms with van der Waals surface area (Å²) in [6.07, 6.45) is -0.672. The normalized spacial score (nSPS) is 13.5. The van der Waals surface area contributed by atoms with Gasteiger partial charge in [0.25, 0.3) is 5.69 Å². The Morgan fingerprint density at radius 2 is 1.69 bits per heavy atom. The number of nitrogens with two attached hydrogens (primary N) is 1. The third kappa shape index (κ3) is 6.04. The zero-order chi connectivity index (χ0) is 18.4. The van der Waals surface area contributed by atoms with Crippen LogP contribution in [0.1, 0.15) is 5.56 Å². The summed E-state index contributed by atoms with van der Waals surface area (Å²) < 4.78 is 26.6. The minimum Gasteiger partial charge on any atom is -0.390 e. The molecule has 0 aliphatic carbocycles. The SMILES string of the molecule is Cl.NC(Cc1ccccc1)C(O)CNS(=O)(=O)c1ccc([N+](=O)[O-])cc1. The van der Waals surface area contributed by atoms with E-state index in [0.29, 0.717) is 6.42 Å². The molecule has 142 valence electrons. The van der Waals surface area contributed by atoms with Crippen molar-refractivity contribution in [2.45, 2.75) is 23.5 Å². The summed E-state index contributed by atoms with van der Waals surface area (Å²) in [4.78, 5) is 9.86. The van der Waals surface area contributed by atoms with Crippen LogP contribution in [0.4, 0.5) is 5.69 Å². The fraction of sp³-hybridized carbons (Fsp3) is 0.250. The van der Waals surface area contributed by atoms with Crippen molar-refractivity contribution in [3.05, 3.63) is 70.3 Å². The van der Waals surface area contributed by atoms with Gasteiger partial charge < -0.3 is 10.8 Å². The smallest absolute Gasteiger partial charge is 0.269 e. The average molecular weight is 402 g/mol. The van der Waals surface area contributed by atoms with E-state index in [9.17, 15) is 23.6 Å². The topological polar surface area (TPSA) is 136 Å². The van der Waals surface area contributed by atoms with Crippen LogP contribution < -0.4 is 10.5 Å². The van der Waals surface area contributed by atoms with Crippen LogP contribution in [0.2, 0.25) is 0 Å². The largest absolute Gasteiger partial charge is 0.390 e. The second-order valence-corrected chi connectivity index (χ2v) is 7.29. The molecule has 4 N–H and O–H groups in total. The number of nitro benzene ring substituents is 1. The maximum Gasteiger partial charge on any atom is 0.269 e. The van der Waals surface area contributed by atoms with Gasteiger partial charge in [-0.25, -0.2) is 13.1 Å². The molecule has 0 fully saturated rings. The number of aliphatic hydroxyl groups is 1. The van der Waals surface area contributed by atoms with Gasteiger partial charge in [0.1, 0.15) is 0 Å². The third-order valence-electron chi connectivity index (χ3n) is 3.65. The average Bonchev–Trinajstić information content (AvgIpc) is 2.60. The van der Waals surface area contributed by atoms with Crippen LogP contribution in [0.5, 0.6) is 0 Å². The van der Waals surface area contributed by atoms with Crippen LogP contribution in [0.15, 0.2) is 59.5 Å². The maximum absolute atomic E-state index is 12.2. The number of benzene rings is 2. The molecule has 0 heterocycles. The molecule has 2 atom stereocenters. The molecular formula is C16H20ClN3O5S. The molecule has 0 radical (unpaired) electrons. The zero-order valence-electron chi connectivity index (χ0n) is 13.7. The molecule has 2 unspecified atom stereocenters. The first-order valence-electron chi connectivity index (χ1n) is 7.51. The molecule has 0 saturated heterocycles. The van der Waals surface area contributed by atoms with Crippen LogP contribution >= 0.6 is 12.4 Å². The number of hydrogen-bond donors (Lipinski definition) is 3.